The molecule has 0 aliphatic rings. The first-order valence-corrected chi connectivity index (χ1v) is 4.57. The maximum Gasteiger partial charge on any atom is 0.164 e. The van der Waals surface area contributed by atoms with Gasteiger partial charge in [-0.1, -0.05) is 6.61 Å². The van der Waals surface area contributed by atoms with Crippen molar-refractivity contribution >= 4 is 5.97 Å². The minimum atomic E-state index is -0.495. The van der Waals surface area contributed by atoms with Gasteiger partial charge in [0.15, 0.2) is 5.97 Å². The van der Waals surface area contributed by atoms with Crippen LogP contribution in [0.4, 0.5) is 0 Å². The first kappa shape index (κ1) is 21.6. The molecule has 0 aliphatic carbocycles. The van der Waals surface area contributed by atoms with Crippen LogP contribution in [0.2, 0.25) is 0 Å². The fraction of sp³-hybridized carbons (Fsp3) is 0.700. The van der Waals surface area contributed by atoms with Crippen molar-refractivity contribution < 1.29 is 56.8 Å². The third-order valence-corrected chi connectivity index (χ3v) is 1.22. The van der Waals surface area contributed by atoms with Crippen LogP contribution < -0.4 is 0 Å². The van der Waals surface area contributed by atoms with Crippen LogP contribution in [-0.2, 0) is 51.7 Å². The van der Waals surface area contributed by atoms with E-state index in [9.17, 15) is 4.79 Å². The summed E-state index contributed by atoms with van der Waals surface area (Å²) in [4.78, 5) is 9.48. The Hall–Kier alpha value is 0.324. The van der Waals surface area contributed by atoms with Gasteiger partial charge in [-0.15, -0.1) is 0 Å². The zero-order valence-corrected chi connectivity index (χ0v) is 12.8. The number of rotatable bonds is 6. The summed E-state index contributed by atoms with van der Waals surface area (Å²) in [7, 11) is 1.29. The molecule has 0 amide bonds. The number of hydrogen-bond donors (Lipinski definition) is 1. The van der Waals surface area contributed by atoms with E-state index in [2.05, 4.69) is 18.6 Å². The van der Waals surface area contributed by atoms with Crippen molar-refractivity contribution in [3.8, 4) is 0 Å². The summed E-state index contributed by atoms with van der Waals surface area (Å²) in [5, 5.41) is 8.36. The van der Waals surface area contributed by atoms with Gasteiger partial charge in [0, 0.05) is 32.7 Å². The van der Waals surface area contributed by atoms with Crippen LogP contribution >= 0.6 is 0 Å². The molecule has 0 aromatic carbocycles. The molecule has 0 fully saturated rings. The van der Waals surface area contributed by atoms with Crippen LogP contribution in [0.25, 0.3) is 0 Å². The zero-order valence-electron chi connectivity index (χ0n) is 9.98. The van der Waals surface area contributed by atoms with E-state index in [-0.39, 0.29) is 45.4 Å². The molecule has 0 spiro atoms. The van der Waals surface area contributed by atoms with E-state index >= 15 is 0 Å². The Morgan fingerprint density at radius 1 is 1.50 bits per heavy atom. The summed E-state index contributed by atoms with van der Waals surface area (Å²) in [5.74, 6) is -0.495. The van der Waals surface area contributed by atoms with Crippen molar-refractivity contribution in [3.63, 3.8) is 0 Å². The molecule has 1 radical (unpaired) electrons. The SMILES string of the molecule is [CH2-]C(=O)OC.[CH2-]COCC(C)OCCO.[Y]. The van der Waals surface area contributed by atoms with Gasteiger partial charge in [-0.3, -0.25) is 11.7 Å². The number of esters is 1. The molecule has 1 unspecified atom stereocenters. The topological polar surface area (TPSA) is 65.0 Å². The maximum absolute atomic E-state index is 9.48. The van der Waals surface area contributed by atoms with Gasteiger partial charge in [0.25, 0.3) is 0 Å². The Morgan fingerprint density at radius 3 is 2.31 bits per heavy atom. The van der Waals surface area contributed by atoms with Gasteiger partial charge in [0.05, 0.1) is 33.0 Å². The zero-order chi connectivity index (χ0) is 12.1. The number of hydrogen-bond acceptors (Lipinski definition) is 5. The first-order valence-electron chi connectivity index (χ1n) is 4.57. The van der Waals surface area contributed by atoms with Crippen LogP contribution in [0, 0.1) is 13.8 Å². The quantitative estimate of drug-likeness (QED) is 0.562. The molecule has 0 bridgehead atoms. The molecule has 0 heterocycles. The monoisotopic (exact) mass is 309 g/mol. The van der Waals surface area contributed by atoms with E-state index in [0.29, 0.717) is 19.8 Å². The Balaban J connectivity index is -0.000000242. The maximum atomic E-state index is 9.48. The number of ether oxygens (including phenoxy) is 3. The molecule has 0 aromatic heterocycles. The predicted molar refractivity (Wildman–Crippen MR) is 56.0 cm³/mol. The second-order valence-electron chi connectivity index (χ2n) is 2.56. The van der Waals surface area contributed by atoms with Crippen LogP contribution in [0.1, 0.15) is 6.92 Å². The van der Waals surface area contributed by atoms with Crippen molar-refractivity contribution in [2.24, 2.45) is 0 Å². The molecule has 5 nitrogen and oxygen atoms in total. The normalized spacial score (nSPS) is 10.5. The third-order valence-electron chi connectivity index (χ3n) is 1.22. The molecule has 16 heavy (non-hydrogen) atoms. The molecule has 0 aromatic rings. The number of aliphatic hydroxyl groups excluding tert-OH is 1. The van der Waals surface area contributed by atoms with Crippen molar-refractivity contribution in [2.45, 2.75) is 13.0 Å². The summed E-state index contributed by atoms with van der Waals surface area (Å²) in [6.45, 7) is 9.75. The van der Waals surface area contributed by atoms with Crippen molar-refractivity contribution in [3.05, 3.63) is 13.8 Å². The summed E-state index contributed by atoms with van der Waals surface area (Å²) in [6, 6.07) is 0. The minimum Gasteiger partial charge on any atom is -0.492 e. The molecule has 1 atom stereocenters. The van der Waals surface area contributed by atoms with Gasteiger partial charge in [-0.25, -0.2) is 0 Å². The molecular formula is C10H20O5Y-2. The Bertz CT molecular complexity index is 135. The average Bonchev–Trinajstić information content (AvgIpc) is 2.24. The molecule has 6 heteroatoms. The first-order chi connectivity index (χ1) is 7.08. The van der Waals surface area contributed by atoms with Crippen LogP contribution in [0.5, 0.6) is 0 Å². The number of carbonyl (C=O) groups excluding carboxylic acids is 1. The second-order valence-corrected chi connectivity index (χ2v) is 2.56. The van der Waals surface area contributed by atoms with Crippen LogP contribution in [0.15, 0.2) is 0 Å². The van der Waals surface area contributed by atoms with E-state index in [4.69, 9.17) is 14.6 Å². The second kappa shape index (κ2) is 17.7. The fourth-order valence-electron chi connectivity index (χ4n) is 0.551. The predicted octanol–water partition coefficient (Wildman–Crippen LogP) is 0.225. The Morgan fingerprint density at radius 2 is 2.00 bits per heavy atom. The number of aliphatic hydroxyl groups is 1. The largest absolute Gasteiger partial charge is 0.492 e. The van der Waals surface area contributed by atoms with Gasteiger partial charge >= 0.3 is 0 Å². The van der Waals surface area contributed by atoms with Gasteiger partial charge in [0.1, 0.15) is 0 Å². The van der Waals surface area contributed by atoms with Crippen molar-refractivity contribution in [1.29, 1.82) is 0 Å². The summed E-state index contributed by atoms with van der Waals surface area (Å²) in [6.07, 6.45) is 0.0499. The summed E-state index contributed by atoms with van der Waals surface area (Å²) < 4.78 is 14.1. The van der Waals surface area contributed by atoms with E-state index in [1.165, 1.54) is 7.11 Å². The van der Waals surface area contributed by atoms with Gasteiger partial charge in [-0.05, 0) is 6.92 Å². The molecule has 0 aliphatic heterocycles. The molecule has 0 rings (SSSR count). The van der Waals surface area contributed by atoms with E-state index < -0.39 is 5.97 Å². The number of methoxy groups -OCH3 is 1. The third kappa shape index (κ3) is 23.9. The average molecular weight is 309 g/mol. The standard InChI is InChI=1S/C7H15O3.C3H5O2.Y/c1-3-9-6-7(2)10-5-4-8;1-3(4)5-2;/h7-8H,1,3-6H2,2H3;1H2,2H3;/q2*-1;. The minimum absolute atomic E-state index is 0. The molecule has 0 saturated carbocycles. The van der Waals surface area contributed by atoms with E-state index in [1.807, 2.05) is 6.92 Å². The summed E-state index contributed by atoms with van der Waals surface area (Å²) in [5.41, 5.74) is 0. The molecule has 1 N–H and O–H groups in total. The Labute approximate surface area is 123 Å². The number of carbonyl (C=O) groups is 1. The van der Waals surface area contributed by atoms with Gasteiger partial charge in [0.2, 0.25) is 0 Å². The molecule has 95 valence electrons. The van der Waals surface area contributed by atoms with E-state index in [0.717, 1.165) is 0 Å². The van der Waals surface area contributed by atoms with E-state index in [1.54, 1.807) is 0 Å². The smallest absolute Gasteiger partial charge is 0.164 e. The van der Waals surface area contributed by atoms with Crippen molar-refractivity contribution in [1.82, 2.24) is 0 Å². The van der Waals surface area contributed by atoms with Gasteiger partial charge in [-0.2, -0.15) is 0 Å². The molecular weight excluding hydrogens is 289 g/mol. The fourth-order valence-corrected chi connectivity index (χ4v) is 0.551. The van der Waals surface area contributed by atoms with Crippen LogP contribution in [-0.4, -0.2) is 50.7 Å². The molecule has 0 saturated heterocycles. The summed E-state index contributed by atoms with van der Waals surface area (Å²) >= 11 is 0. The van der Waals surface area contributed by atoms with Crippen molar-refractivity contribution in [2.75, 3.05) is 33.5 Å². The Kier molecular flexibility index (Phi) is 23.9. The van der Waals surface area contributed by atoms with Crippen LogP contribution in [0.3, 0.4) is 0 Å². The van der Waals surface area contributed by atoms with Gasteiger partial charge < -0.3 is 26.2 Å².